The number of hydrogen-bond acceptors (Lipinski definition) is 6. The quantitative estimate of drug-likeness (QED) is 0.406. The van der Waals surface area contributed by atoms with Gasteiger partial charge >= 0.3 is 0 Å². The van der Waals surface area contributed by atoms with Gasteiger partial charge in [-0.2, -0.15) is 0 Å². The van der Waals surface area contributed by atoms with Crippen molar-refractivity contribution in [2.45, 2.75) is 58.3 Å². The van der Waals surface area contributed by atoms with Crippen LogP contribution in [0.4, 0.5) is 0 Å². The number of carbonyl (C=O) groups is 1. The van der Waals surface area contributed by atoms with Crippen LogP contribution >= 0.6 is 11.3 Å². The lowest BCUT2D eigenvalue weighted by atomic mass is 10.00. The van der Waals surface area contributed by atoms with E-state index < -0.39 is 6.10 Å². The standard InChI is InChI=1S/C28H40N2O4S/c1-6-13-29(16-23(31)18-33-21(4)5)17-28(32)30-14-11-27-25(12-15-35-27)26(30)19-34-24-9-7-22(8-10-24)20(2)3/h6-10,12,15,20-21,23,26,31H,1,11,13-14,16-19H2,2-5H3/t23-,26+/m1/s1. The topological polar surface area (TPSA) is 62.2 Å². The van der Waals surface area contributed by atoms with Crippen molar-refractivity contribution in [1.29, 1.82) is 0 Å². The van der Waals surface area contributed by atoms with Crippen LogP contribution in [0.5, 0.6) is 5.75 Å². The van der Waals surface area contributed by atoms with Gasteiger partial charge in [0.1, 0.15) is 12.4 Å². The third kappa shape index (κ3) is 7.90. The molecule has 0 radical (unpaired) electrons. The maximum Gasteiger partial charge on any atom is 0.237 e. The smallest absolute Gasteiger partial charge is 0.237 e. The number of ether oxygens (including phenoxy) is 2. The normalized spacial score (nSPS) is 16.6. The fourth-order valence-corrected chi connectivity index (χ4v) is 5.25. The van der Waals surface area contributed by atoms with Crippen molar-refractivity contribution in [3.8, 4) is 5.75 Å². The van der Waals surface area contributed by atoms with Crippen LogP contribution in [0.15, 0.2) is 48.4 Å². The predicted molar refractivity (Wildman–Crippen MR) is 142 cm³/mol. The monoisotopic (exact) mass is 500 g/mol. The van der Waals surface area contributed by atoms with Gasteiger partial charge in [-0.15, -0.1) is 17.9 Å². The maximum atomic E-state index is 13.5. The molecule has 2 atom stereocenters. The van der Waals surface area contributed by atoms with Gasteiger partial charge in [0.2, 0.25) is 5.91 Å². The third-order valence-corrected chi connectivity index (χ3v) is 7.20. The molecule has 1 aromatic heterocycles. The summed E-state index contributed by atoms with van der Waals surface area (Å²) in [5.41, 5.74) is 2.45. The first-order valence-corrected chi connectivity index (χ1v) is 13.4. The first-order valence-electron chi connectivity index (χ1n) is 12.5. The van der Waals surface area contributed by atoms with Gasteiger partial charge in [0, 0.05) is 24.5 Å². The predicted octanol–water partition coefficient (Wildman–Crippen LogP) is 4.65. The molecule has 0 saturated carbocycles. The van der Waals surface area contributed by atoms with Crippen LogP contribution in [-0.2, 0) is 16.0 Å². The fraction of sp³-hybridized carbons (Fsp3) is 0.536. The molecule has 3 rings (SSSR count). The average Bonchev–Trinajstić information content (AvgIpc) is 3.30. The van der Waals surface area contributed by atoms with Crippen LogP contribution in [0.25, 0.3) is 0 Å². The zero-order valence-corrected chi connectivity index (χ0v) is 22.3. The van der Waals surface area contributed by atoms with Crippen LogP contribution in [-0.4, -0.2) is 72.4 Å². The lowest BCUT2D eigenvalue weighted by Gasteiger charge is -2.37. The van der Waals surface area contributed by atoms with Gasteiger partial charge in [-0.1, -0.05) is 32.1 Å². The second kappa shape index (κ2) is 13.2. The number of carbonyl (C=O) groups excluding carboxylic acids is 1. The molecule has 0 bridgehead atoms. The Bertz CT molecular complexity index is 941. The first-order chi connectivity index (χ1) is 16.8. The Hall–Kier alpha value is -2.19. The summed E-state index contributed by atoms with van der Waals surface area (Å²) in [6.45, 7) is 14.4. The molecule has 1 amide bonds. The minimum absolute atomic E-state index is 0.0319. The van der Waals surface area contributed by atoms with Gasteiger partial charge in [-0.3, -0.25) is 9.69 Å². The summed E-state index contributed by atoms with van der Waals surface area (Å²) >= 11 is 1.74. The van der Waals surface area contributed by atoms with E-state index in [0.717, 1.165) is 12.2 Å². The zero-order valence-electron chi connectivity index (χ0n) is 21.5. The van der Waals surface area contributed by atoms with Gasteiger partial charge in [-0.25, -0.2) is 0 Å². The highest BCUT2D eigenvalue weighted by molar-refractivity contribution is 7.10. The number of aliphatic hydroxyl groups is 1. The number of nitrogens with zero attached hydrogens (tertiary/aromatic N) is 2. The summed E-state index contributed by atoms with van der Waals surface area (Å²) in [5, 5.41) is 12.5. The van der Waals surface area contributed by atoms with Crippen molar-refractivity contribution in [2.24, 2.45) is 0 Å². The summed E-state index contributed by atoms with van der Waals surface area (Å²) in [6.07, 6.45) is 2.00. The van der Waals surface area contributed by atoms with Gasteiger partial charge < -0.3 is 19.5 Å². The highest BCUT2D eigenvalue weighted by Crippen LogP contribution is 2.34. The number of hydrogen-bond donors (Lipinski definition) is 1. The summed E-state index contributed by atoms with van der Waals surface area (Å²) in [7, 11) is 0. The van der Waals surface area contributed by atoms with E-state index in [-0.39, 0.29) is 31.2 Å². The second-order valence-corrected chi connectivity index (χ2v) is 10.7. The summed E-state index contributed by atoms with van der Waals surface area (Å²) in [6, 6.07) is 10.2. The van der Waals surface area contributed by atoms with Crippen molar-refractivity contribution in [3.05, 3.63) is 64.4 Å². The van der Waals surface area contributed by atoms with Crippen molar-refractivity contribution < 1.29 is 19.4 Å². The molecule has 0 spiro atoms. The Morgan fingerprint density at radius 1 is 1.26 bits per heavy atom. The van der Waals surface area contributed by atoms with E-state index >= 15 is 0 Å². The molecule has 1 aliphatic heterocycles. The first kappa shape index (κ1) is 27.4. The van der Waals surface area contributed by atoms with Gasteiger partial charge in [0.25, 0.3) is 0 Å². The maximum absolute atomic E-state index is 13.5. The van der Waals surface area contributed by atoms with Crippen molar-refractivity contribution >= 4 is 17.2 Å². The van der Waals surface area contributed by atoms with Gasteiger partial charge in [0.05, 0.1) is 31.4 Å². The van der Waals surface area contributed by atoms with Gasteiger partial charge in [-0.05, 0) is 60.9 Å². The van der Waals surface area contributed by atoms with Crippen LogP contribution in [0, 0.1) is 0 Å². The number of aliphatic hydroxyl groups excluding tert-OH is 1. The Morgan fingerprint density at radius 2 is 2.00 bits per heavy atom. The minimum atomic E-state index is -0.664. The number of benzene rings is 1. The molecule has 0 aliphatic carbocycles. The Morgan fingerprint density at radius 3 is 2.66 bits per heavy atom. The van der Waals surface area contributed by atoms with Crippen molar-refractivity contribution in [2.75, 3.05) is 39.4 Å². The highest BCUT2D eigenvalue weighted by atomic mass is 32.1. The number of rotatable bonds is 13. The zero-order chi connectivity index (χ0) is 25.4. The molecule has 0 unspecified atom stereocenters. The molecule has 1 aromatic carbocycles. The van der Waals surface area contributed by atoms with E-state index in [1.165, 1.54) is 16.0 Å². The third-order valence-electron chi connectivity index (χ3n) is 6.21. The lowest BCUT2D eigenvalue weighted by Crippen LogP contribution is -2.48. The minimum Gasteiger partial charge on any atom is -0.491 e. The fourth-order valence-electron chi connectivity index (χ4n) is 4.32. The molecule has 0 saturated heterocycles. The molecule has 6 nitrogen and oxygen atoms in total. The van der Waals surface area contributed by atoms with E-state index in [4.69, 9.17) is 9.47 Å². The van der Waals surface area contributed by atoms with Crippen LogP contribution in [0.2, 0.25) is 0 Å². The molecule has 7 heteroatoms. The van der Waals surface area contributed by atoms with E-state index in [9.17, 15) is 9.90 Å². The second-order valence-electron chi connectivity index (χ2n) is 9.71. The average molecular weight is 501 g/mol. The highest BCUT2D eigenvalue weighted by Gasteiger charge is 2.33. The SMILES string of the molecule is C=CCN(CC(=O)N1CCc2sccc2[C@@H]1COc1ccc(C(C)C)cc1)C[C@@H](O)COC(C)C. The molecule has 0 fully saturated rings. The number of thiophene rings is 1. The molecule has 35 heavy (non-hydrogen) atoms. The van der Waals surface area contributed by atoms with E-state index in [1.54, 1.807) is 17.4 Å². The number of amides is 1. The summed E-state index contributed by atoms with van der Waals surface area (Å²) in [4.78, 5) is 18.7. The Labute approximate surface area is 214 Å². The van der Waals surface area contributed by atoms with Crippen LogP contribution < -0.4 is 4.74 Å². The molecular formula is C28H40N2O4S. The lowest BCUT2D eigenvalue weighted by molar-refractivity contribution is -0.136. The largest absolute Gasteiger partial charge is 0.491 e. The van der Waals surface area contributed by atoms with Crippen LogP contribution in [0.3, 0.4) is 0 Å². The summed E-state index contributed by atoms with van der Waals surface area (Å²) < 4.78 is 11.7. The molecule has 1 N–H and O–H groups in total. The van der Waals surface area contributed by atoms with Gasteiger partial charge in [0.15, 0.2) is 0 Å². The number of fused-ring (bicyclic) bond motifs is 1. The van der Waals surface area contributed by atoms with Crippen molar-refractivity contribution in [3.63, 3.8) is 0 Å². The molecule has 1 aliphatic rings. The Balaban J connectivity index is 1.68. The van der Waals surface area contributed by atoms with E-state index in [2.05, 4.69) is 44.0 Å². The molecule has 192 valence electrons. The molecule has 2 aromatic rings. The molecule has 2 heterocycles. The molecular weight excluding hydrogens is 460 g/mol. The Kier molecular flexibility index (Phi) is 10.3. The van der Waals surface area contributed by atoms with Crippen LogP contribution in [0.1, 0.15) is 55.7 Å². The van der Waals surface area contributed by atoms with Crippen molar-refractivity contribution in [1.82, 2.24) is 9.80 Å². The van der Waals surface area contributed by atoms with E-state index in [0.29, 0.717) is 32.2 Å². The van der Waals surface area contributed by atoms with E-state index in [1.807, 2.05) is 35.8 Å². The summed E-state index contributed by atoms with van der Waals surface area (Å²) in [5.74, 6) is 1.31.